The Morgan fingerprint density at radius 1 is 1.29 bits per heavy atom. The minimum Gasteiger partial charge on any atom is -0.284 e. The van der Waals surface area contributed by atoms with Gasteiger partial charge in [0, 0.05) is 10.2 Å². The quantitative estimate of drug-likeness (QED) is 0.845. The van der Waals surface area contributed by atoms with Crippen LogP contribution in [-0.2, 0) is 20.0 Å². The molecule has 0 atom stereocenters. The molecule has 6 nitrogen and oxygen atoms in total. The molecule has 0 heterocycles. The lowest BCUT2D eigenvalue weighted by Crippen LogP contribution is -2.16. The molecule has 0 aliphatic rings. The first-order valence-corrected chi connectivity index (χ1v) is 8.47. The highest BCUT2D eigenvalue weighted by Crippen LogP contribution is 2.25. The molecule has 0 aromatic heterocycles. The Morgan fingerprint density at radius 2 is 1.88 bits per heavy atom. The average molecular weight is 343 g/mol. The van der Waals surface area contributed by atoms with Crippen molar-refractivity contribution in [2.75, 3.05) is 10.5 Å². The first-order valence-electron chi connectivity index (χ1n) is 4.48. The van der Waals surface area contributed by atoms with E-state index in [2.05, 4.69) is 20.7 Å². The van der Waals surface area contributed by atoms with Gasteiger partial charge in [0.2, 0.25) is 20.0 Å². The van der Waals surface area contributed by atoms with Crippen LogP contribution in [0.15, 0.2) is 27.6 Å². The van der Waals surface area contributed by atoms with E-state index in [1.165, 1.54) is 25.1 Å². The Labute approximate surface area is 108 Å². The van der Waals surface area contributed by atoms with Gasteiger partial charge in [-0.1, -0.05) is 0 Å². The minimum absolute atomic E-state index is 0.0679. The lowest BCUT2D eigenvalue weighted by molar-refractivity contribution is 0.597. The van der Waals surface area contributed by atoms with Gasteiger partial charge in [-0.15, -0.1) is 0 Å². The molecule has 0 unspecified atom stereocenters. The van der Waals surface area contributed by atoms with Crippen LogP contribution in [0.2, 0.25) is 0 Å². The molecule has 0 aliphatic heterocycles. The number of rotatable bonds is 4. The van der Waals surface area contributed by atoms with E-state index < -0.39 is 20.0 Å². The average Bonchev–Trinajstić information content (AvgIpc) is 2.15. The largest absolute Gasteiger partial charge is 0.284 e. The molecular weight excluding hydrogens is 332 g/mol. The molecule has 0 aliphatic carbocycles. The van der Waals surface area contributed by atoms with E-state index in [0.29, 0.717) is 0 Å². The van der Waals surface area contributed by atoms with Crippen LogP contribution in [0.25, 0.3) is 0 Å². The predicted molar refractivity (Wildman–Crippen MR) is 68.6 cm³/mol. The van der Waals surface area contributed by atoms with Gasteiger partial charge in [-0.05, 0) is 41.1 Å². The summed E-state index contributed by atoms with van der Waals surface area (Å²) >= 11 is 3.02. The molecule has 96 valence electrons. The third-order valence-corrected chi connectivity index (χ3v) is 5.09. The zero-order valence-electron chi connectivity index (χ0n) is 8.84. The molecule has 0 spiro atoms. The maximum Gasteiger partial charge on any atom is 0.239 e. The lowest BCUT2D eigenvalue weighted by atomic mass is 10.3. The second kappa shape index (κ2) is 4.92. The topological polar surface area (TPSA) is 106 Å². The third kappa shape index (κ3) is 3.95. The molecule has 1 aromatic rings. The molecular formula is C8H11BrN2O4S2. The number of nitrogens with two attached hydrogens (primary N) is 1. The van der Waals surface area contributed by atoms with Crippen LogP contribution in [0.3, 0.4) is 0 Å². The molecule has 9 heteroatoms. The smallest absolute Gasteiger partial charge is 0.239 e. The number of halogens is 1. The van der Waals surface area contributed by atoms with Crippen molar-refractivity contribution >= 4 is 41.7 Å². The van der Waals surface area contributed by atoms with E-state index >= 15 is 0 Å². The molecule has 0 saturated heterocycles. The number of sulfonamides is 2. The molecule has 0 saturated carbocycles. The van der Waals surface area contributed by atoms with E-state index in [4.69, 9.17) is 5.14 Å². The number of benzene rings is 1. The van der Waals surface area contributed by atoms with Gasteiger partial charge in [0.25, 0.3) is 0 Å². The molecule has 0 radical (unpaired) electrons. The van der Waals surface area contributed by atoms with Crippen molar-refractivity contribution in [3.63, 3.8) is 0 Å². The summed E-state index contributed by atoms with van der Waals surface area (Å²) in [6.07, 6.45) is 0. The number of hydrogen-bond donors (Lipinski definition) is 2. The van der Waals surface area contributed by atoms with Gasteiger partial charge in [-0.25, -0.2) is 22.0 Å². The number of anilines is 1. The summed E-state index contributed by atoms with van der Waals surface area (Å²) in [5.41, 5.74) is 0.270. The van der Waals surface area contributed by atoms with Crippen LogP contribution in [0.5, 0.6) is 0 Å². The van der Waals surface area contributed by atoms with E-state index in [9.17, 15) is 16.8 Å². The molecule has 0 bridgehead atoms. The summed E-state index contributed by atoms with van der Waals surface area (Å²) in [5, 5.41) is 4.96. The first kappa shape index (κ1) is 14.4. The second-order valence-corrected chi connectivity index (χ2v) is 7.59. The Hall–Kier alpha value is -0.640. The summed E-state index contributed by atoms with van der Waals surface area (Å²) in [7, 11) is -7.21. The van der Waals surface area contributed by atoms with Gasteiger partial charge in [0.05, 0.1) is 10.6 Å². The van der Waals surface area contributed by atoms with E-state index in [1.54, 1.807) is 0 Å². The standard InChI is InChI=1S/C8H11BrN2O4S2/c1-2-16(12,13)11-6-3-4-8(7(9)5-6)17(10,14)15/h3-5,11H,2H2,1H3,(H2,10,14,15). The monoisotopic (exact) mass is 342 g/mol. The van der Waals surface area contributed by atoms with Crippen LogP contribution in [0.1, 0.15) is 6.92 Å². The van der Waals surface area contributed by atoms with Gasteiger partial charge < -0.3 is 0 Å². The maximum absolute atomic E-state index is 11.3. The fourth-order valence-electron chi connectivity index (χ4n) is 1.05. The van der Waals surface area contributed by atoms with Gasteiger partial charge in [0.15, 0.2) is 0 Å². The van der Waals surface area contributed by atoms with Crippen molar-refractivity contribution in [3.8, 4) is 0 Å². The maximum atomic E-state index is 11.3. The molecule has 1 rings (SSSR count). The lowest BCUT2D eigenvalue weighted by Gasteiger charge is -2.08. The normalized spacial score (nSPS) is 12.4. The fraction of sp³-hybridized carbons (Fsp3) is 0.250. The number of hydrogen-bond acceptors (Lipinski definition) is 4. The molecule has 17 heavy (non-hydrogen) atoms. The van der Waals surface area contributed by atoms with Crippen molar-refractivity contribution in [3.05, 3.63) is 22.7 Å². The van der Waals surface area contributed by atoms with Crippen LogP contribution >= 0.6 is 15.9 Å². The molecule has 3 N–H and O–H groups in total. The van der Waals surface area contributed by atoms with Crippen molar-refractivity contribution in [1.82, 2.24) is 0 Å². The van der Waals surface area contributed by atoms with Gasteiger partial charge in [0.1, 0.15) is 0 Å². The van der Waals surface area contributed by atoms with Crippen LogP contribution in [-0.4, -0.2) is 22.6 Å². The highest BCUT2D eigenvalue weighted by atomic mass is 79.9. The van der Waals surface area contributed by atoms with Gasteiger partial charge >= 0.3 is 0 Å². The third-order valence-electron chi connectivity index (χ3n) is 1.89. The minimum atomic E-state index is -3.82. The van der Waals surface area contributed by atoms with Gasteiger partial charge in [-0.3, -0.25) is 4.72 Å². The summed E-state index contributed by atoms with van der Waals surface area (Å²) < 4.78 is 47.3. The zero-order valence-corrected chi connectivity index (χ0v) is 12.1. The van der Waals surface area contributed by atoms with Gasteiger partial charge in [-0.2, -0.15) is 0 Å². The Kier molecular flexibility index (Phi) is 4.18. The Morgan fingerprint density at radius 3 is 2.29 bits per heavy atom. The Balaban J connectivity index is 3.15. The van der Waals surface area contributed by atoms with E-state index in [-0.39, 0.29) is 20.8 Å². The second-order valence-electron chi connectivity index (χ2n) is 3.20. The Bertz CT molecular complexity index is 625. The first-order chi connectivity index (χ1) is 7.65. The number of primary sulfonamides is 1. The molecule has 1 aromatic carbocycles. The van der Waals surface area contributed by atoms with E-state index in [0.717, 1.165) is 0 Å². The predicted octanol–water partition coefficient (Wildman–Crippen LogP) is 0.858. The zero-order chi connectivity index (χ0) is 13.3. The summed E-state index contributed by atoms with van der Waals surface area (Å²) in [5.74, 6) is -0.0679. The SMILES string of the molecule is CCS(=O)(=O)Nc1ccc(S(N)(=O)=O)c(Br)c1. The van der Waals surface area contributed by atoms with Crippen LogP contribution < -0.4 is 9.86 Å². The van der Waals surface area contributed by atoms with Crippen LogP contribution in [0.4, 0.5) is 5.69 Å². The van der Waals surface area contributed by atoms with Crippen molar-refractivity contribution < 1.29 is 16.8 Å². The highest BCUT2D eigenvalue weighted by Gasteiger charge is 2.14. The summed E-state index contributed by atoms with van der Waals surface area (Å²) in [4.78, 5) is -0.100. The van der Waals surface area contributed by atoms with Crippen molar-refractivity contribution in [2.24, 2.45) is 5.14 Å². The number of nitrogens with one attached hydrogen (secondary N) is 1. The molecule has 0 amide bonds. The summed E-state index contributed by atoms with van der Waals surface area (Å²) in [6, 6.07) is 3.90. The van der Waals surface area contributed by atoms with E-state index in [1.807, 2.05) is 0 Å². The summed E-state index contributed by atoms with van der Waals surface area (Å²) in [6.45, 7) is 1.50. The van der Waals surface area contributed by atoms with Crippen LogP contribution in [0, 0.1) is 0 Å². The van der Waals surface area contributed by atoms with Crippen molar-refractivity contribution in [2.45, 2.75) is 11.8 Å². The fourth-order valence-corrected chi connectivity index (χ4v) is 3.32. The molecule has 0 fully saturated rings. The highest BCUT2D eigenvalue weighted by molar-refractivity contribution is 9.10. The van der Waals surface area contributed by atoms with Crippen molar-refractivity contribution in [1.29, 1.82) is 0 Å².